The summed E-state index contributed by atoms with van der Waals surface area (Å²) in [6, 6.07) is 2.87. The fourth-order valence-corrected chi connectivity index (χ4v) is 4.59. The van der Waals surface area contributed by atoms with E-state index in [-0.39, 0.29) is 18.1 Å². The number of amides is 2. The summed E-state index contributed by atoms with van der Waals surface area (Å²) >= 11 is 6.10. The number of benzene rings is 1. The lowest BCUT2D eigenvalue weighted by Crippen LogP contribution is -2.42. The number of hydrogen-bond donors (Lipinski definition) is 2. The van der Waals surface area contributed by atoms with Crippen LogP contribution in [-0.4, -0.2) is 58.5 Å². The highest BCUT2D eigenvalue weighted by molar-refractivity contribution is 7.91. The maximum absolute atomic E-state index is 11.9. The standard InChI is InChI=1S/C17H21ClN2O6S/c1-25-14-8-11(7-13(18)17(14)26-2)3-4-15(21)19-9-16(22)20-12-5-6-27(23,24)10-12/h3-4,7-8,12H,5-6,9-10H2,1-2H3,(H,19,21)(H,20,22)/b4-3+/t12-/m1/s1. The molecule has 1 heterocycles. The Bertz CT molecular complexity index is 853. The third kappa shape index (κ3) is 6.14. The molecule has 148 valence electrons. The molecule has 2 N–H and O–H groups in total. The van der Waals surface area contributed by atoms with Crippen LogP contribution in [0.15, 0.2) is 18.2 Å². The van der Waals surface area contributed by atoms with Crippen LogP contribution in [-0.2, 0) is 19.4 Å². The largest absolute Gasteiger partial charge is 0.493 e. The maximum Gasteiger partial charge on any atom is 0.244 e. The van der Waals surface area contributed by atoms with Crippen LogP contribution in [0.5, 0.6) is 11.5 Å². The van der Waals surface area contributed by atoms with Gasteiger partial charge in [0.25, 0.3) is 0 Å². The summed E-state index contributed by atoms with van der Waals surface area (Å²) < 4.78 is 33.0. The molecule has 0 aliphatic carbocycles. The highest BCUT2D eigenvalue weighted by Gasteiger charge is 2.28. The van der Waals surface area contributed by atoms with E-state index in [1.54, 1.807) is 12.1 Å². The van der Waals surface area contributed by atoms with Gasteiger partial charge in [-0.1, -0.05) is 11.6 Å². The number of halogens is 1. The van der Waals surface area contributed by atoms with Crippen molar-refractivity contribution in [2.24, 2.45) is 0 Å². The molecule has 0 radical (unpaired) electrons. The van der Waals surface area contributed by atoms with Crippen molar-refractivity contribution < 1.29 is 27.5 Å². The lowest BCUT2D eigenvalue weighted by Gasteiger charge is -2.11. The number of carbonyl (C=O) groups excluding carboxylic acids is 2. The molecule has 1 aromatic carbocycles. The lowest BCUT2D eigenvalue weighted by atomic mass is 10.2. The summed E-state index contributed by atoms with van der Waals surface area (Å²) in [6.07, 6.45) is 3.16. The van der Waals surface area contributed by atoms with E-state index in [9.17, 15) is 18.0 Å². The number of nitrogens with one attached hydrogen (secondary N) is 2. The highest BCUT2D eigenvalue weighted by atomic mass is 35.5. The van der Waals surface area contributed by atoms with Crippen LogP contribution < -0.4 is 20.1 Å². The molecule has 0 saturated carbocycles. The number of carbonyl (C=O) groups is 2. The summed E-state index contributed by atoms with van der Waals surface area (Å²) in [7, 11) is -0.123. The van der Waals surface area contributed by atoms with Gasteiger partial charge < -0.3 is 20.1 Å². The van der Waals surface area contributed by atoms with Crippen LogP contribution in [0.25, 0.3) is 6.08 Å². The van der Waals surface area contributed by atoms with Crippen molar-refractivity contribution in [1.82, 2.24) is 10.6 Å². The fourth-order valence-electron chi connectivity index (χ4n) is 2.62. The van der Waals surface area contributed by atoms with Crippen molar-refractivity contribution in [3.05, 3.63) is 28.8 Å². The minimum absolute atomic E-state index is 0.0628. The Hall–Kier alpha value is -2.26. The molecule has 2 rings (SSSR count). The molecule has 8 nitrogen and oxygen atoms in total. The van der Waals surface area contributed by atoms with Crippen LogP contribution in [0, 0.1) is 0 Å². The molecule has 1 saturated heterocycles. The molecule has 10 heteroatoms. The first-order valence-electron chi connectivity index (χ1n) is 8.11. The second-order valence-corrected chi connectivity index (χ2v) is 8.59. The molecular formula is C17H21ClN2O6S. The van der Waals surface area contributed by atoms with Gasteiger partial charge in [-0.3, -0.25) is 9.59 Å². The van der Waals surface area contributed by atoms with Crippen LogP contribution in [0.1, 0.15) is 12.0 Å². The van der Waals surface area contributed by atoms with Gasteiger partial charge in [-0.2, -0.15) is 0 Å². The monoisotopic (exact) mass is 416 g/mol. The summed E-state index contributed by atoms with van der Waals surface area (Å²) in [4.78, 5) is 23.7. The Labute approximate surface area is 162 Å². The quantitative estimate of drug-likeness (QED) is 0.636. The SMILES string of the molecule is COc1cc(/C=C/C(=O)NCC(=O)N[C@@H]2CCS(=O)(=O)C2)cc(Cl)c1OC. The van der Waals surface area contributed by atoms with Gasteiger partial charge in [0.05, 0.1) is 37.3 Å². The van der Waals surface area contributed by atoms with E-state index in [4.69, 9.17) is 21.1 Å². The minimum atomic E-state index is -3.07. The van der Waals surface area contributed by atoms with Crippen molar-refractivity contribution in [3.63, 3.8) is 0 Å². The molecule has 1 aromatic rings. The molecule has 27 heavy (non-hydrogen) atoms. The van der Waals surface area contributed by atoms with Gasteiger partial charge in [0.1, 0.15) is 0 Å². The van der Waals surface area contributed by atoms with Gasteiger partial charge in [0.2, 0.25) is 11.8 Å². The van der Waals surface area contributed by atoms with Gasteiger partial charge >= 0.3 is 0 Å². The average Bonchev–Trinajstić information content (AvgIpc) is 2.95. The van der Waals surface area contributed by atoms with Crippen molar-refractivity contribution >= 4 is 39.3 Å². The molecule has 2 amide bonds. The zero-order chi connectivity index (χ0) is 20.0. The van der Waals surface area contributed by atoms with E-state index in [2.05, 4.69) is 10.6 Å². The summed E-state index contributed by atoms with van der Waals surface area (Å²) in [5.41, 5.74) is 0.619. The van der Waals surface area contributed by atoms with Gasteiger partial charge in [-0.05, 0) is 30.2 Å². The van der Waals surface area contributed by atoms with Crippen molar-refractivity contribution in [1.29, 1.82) is 0 Å². The number of rotatable bonds is 7. The molecule has 0 aromatic heterocycles. The lowest BCUT2D eigenvalue weighted by molar-refractivity contribution is -0.124. The van der Waals surface area contributed by atoms with E-state index in [0.717, 1.165) is 0 Å². The van der Waals surface area contributed by atoms with Crippen LogP contribution in [0.2, 0.25) is 5.02 Å². The smallest absolute Gasteiger partial charge is 0.244 e. The molecule has 1 aliphatic rings. The number of sulfone groups is 1. The Morgan fingerprint density at radius 1 is 1.30 bits per heavy atom. The maximum atomic E-state index is 11.9. The summed E-state index contributed by atoms with van der Waals surface area (Å²) in [6.45, 7) is -0.244. The highest BCUT2D eigenvalue weighted by Crippen LogP contribution is 2.36. The van der Waals surface area contributed by atoms with E-state index < -0.39 is 27.7 Å². The molecule has 0 bridgehead atoms. The molecule has 1 fully saturated rings. The Balaban J connectivity index is 1.86. The second-order valence-electron chi connectivity index (χ2n) is 5.96. The number of methoxy groups -OCH3 is 2. The van der Waals surface area contributed by atoms with E-state index >= 15 is 0 Å². The average molecular weight is 417 g/mol. The fraction of sp³-hybridized carbons (Fsp3) is 0.412. The van der Waals surface area contributed by atoms with Crippen LogP contribution >= 0.6 is 11.6 Å². The van der Waals surface area contributed by atoms with Gasteiger partial charge in [-0.25, -0.2) is 8.42 Å². The molecule has 0 spiro atoms. The predicted octanol–water partition coefficient (Wildman–Crippen LogP) is 0.790. The topological polar surface area (TPSA) is 111 Å². The van der Waals surface area contributed by atoms with E-state index in [0.29, 0.717) is 28.5 Å². The summed E-state index contributed by atoms with van der Waals surface area (Å²) in [5, 5.41) is 5.37. The Morgan fingerprint density at radius 2 is 2.04 bits per heavy atom. The van der Waals surface area contributed by atoms with E-state index in [1.165, 1.54) is 26.4 Å². The molecular weight excluding hydrogens is 396 g/mol. The number of ether oxygens (including phenoxy) is 2. The first-order chi connectivity index (χ1) is 12.7. The number of hydrogen-bond acceptors (Lipinski definition) is 6. The predicted molar refractivity (Wildman–Crippen MR) is 102 cm³/mol. The molecule has 0 unspecified atom stereocenters. The second kappa shape index (κ2) is 9.09. The Morgan fingerprint density at radius 3 is 2.63 bits per heavy atom. The zero-order valence-electron chi connectivity index (χ0n) is 15.0. The van der Waals surface area contributed by atoms with Crippen molar-refractivity contribution in [3.8, 4) is 11.5 Å². The zero-order valence-corrected chi connectivity index (χ0v) is 16.5. The molecule has 1 atom stereocenters. The van der Waals surface area contributed by atoms with E-state index in [1.807, 2.05) is 0 Å². The van der Waals surface area contributed by atoms with Gasteiger partial charge in [0.15, 0.2) is 21.3 Å². The van der Waals surface area contributed by atoms with Gasteiger partial charge in [0, 0.05) is 12.1 Å². The summed E-state index contributed by atoms with van der Waals surface area (Å²) in [5.74, 6) is -0.0847. The Kier molecular flexibility index (Phi) is 7.09. The first-order valence-corrected chi connectivity index (χ1v) is 10.3. The third-order valence-corrected chi connectivity index (χ3v) is 5.95. The van der Waals surface area contributed by atoms with Crippen LogP contribution in [0.4, 0.5) is 0 Å². The minimum Gasteiger partial charge on any atom is -0.493 e. The molecule has 1 aliphatic heterocycles. The van der Waals surface area contributed by atoms with Gasteiger partial charge in [-0.15, -0.1) is 0 Å². The first kappa shape index (κ1) is 21.0. The normalized spacial score (nSPS) is 18.3. The van der Waals surface area contributed by atoms with Crippen molar-refractivity contribution in [2.45, 2.75) is 12.5 Å². The van der Waals surface area contributed by atoms with Crippen LogP contribution in [0.3, 0.4) is 0 Å². The van der Waals surface area contributed by atoms with Crippen molar-refractivity contribution in [2.75, 3.05) is 32.3 Å². The third-order valence-electron chi connectivity index (χ3n) is 3.90.